The van der Waals surface area contributed by atoms with Crippen molar-refractivity contribution in [2.75, 3.05) is 13.1 Å². The van der Waals surface area contributed by atoms with Crippen LogP contribution in [0, 0.1) is 6.92 Å². The fraction of sp³-hybridized carbons (Fsp3) is 0.500. The number of hydrogen-bond acceptors (Lipinski definition) is 5. The van der Waals surface area contributed by atoms with Gasteiger partial charge in [0.1, 0.15) is 13.5 Å². The summed E-state index contributed by atoms with van der Waals surface area (Å²) in [5.41, 5.74) is -0.774. The topological polar surface area (TPSA) is 131 Å². The van der Waals surface area contributed by atoms with E-state index in [0.29, 0.717) is 5.56 Å². The number of nitrogens with zero attached hydrogens (tertiary/aromatic N) is 1. The third-order valence-electron chi connectivity index (χ3n) is 1.85. The molecule has 20 heavy (non-hydrogen) atoms. The van der Waals surface area contributed by atoms with Gasteiger partial charge in [-0.15, -0.1) is 0 Å². The Labute approximate surface area is 161 Å². The Morgan fingerprint density at radius 2 is 1.95 bits per heavy atom. The van der Waals surface area contributed by atoms with Gasteiger partial charge in [0.25, 0.3) is 5.56 Å². The van der Waals surface area contributed by atoms with Crippen LogP contribution < -0.4 is 70.4 Å². The molecule has 0 saturated carbocycles. The largest absolute Gasteiger partial charge is 1.00 e. The summed E-state index contributed by atoms with van der Waals surface area (Å²) in [4.78, 5) is 41.4. The van der Waals surface area contributed by atoms with Crippen molar-refractivity contribution >= 4 is 7.60 Å². The molecule has 0 atom stereocenters. The molecular weight excluding hydrogens is 313 g/mol. The Balaban J connectivity index is -0.000000405. The molecule has 0 saturated heterocycles. The molecule has 0 amide bonds. The Hall–Kier alpha value is 0.750. The maximum absolute atomic E-state index is 11.3. The molecule has 0 spiro atoms. The first-order valence-electron chi connectivity index (χ1n) is 4.80. The van der Waals surface area contributed by atoms with Crippen molar-refractivity contribution in [3.63, 3.8) is 0 Å². The molecule has 3 N–H and O–H groups in total. The molecule has 0 aliphatic heterocycles. The molecule has 1 rings (SSSR count). The number of aryl methyl sites for hydroxylation is 1. The van der Waals surface area contributed by atoms with Gasteiger partial charge in [0, 0.05) is 11.8 Å². The van der Waals surface area contributed by atoms with Crippen molar-refractivity contribution in [3.8, 4) is 0 Å². The van der Waals surface area contributed by atoms with Crippen LogP contribution in [0.4, 0.5) is 0 Å². The van der Waals surface area contributed by atoms with Crippen LogP contribution in [0.25, 0.3) is 0 Å². The van der Waals surface area contributed by atoms with Gasteiger partial charge >= 0.3 is 72.4 Å². The van der Waals surface area contributed by atoms with E-state index in [4.69, 9.17) is 14.5 Å². The van der Waals surface area contributed by atoms with Gasteiger partial charge in [-0.3, -0.25) is 18.9 Å². The number of H-pyrrole nitrogens is 1. The maximum atomic E-state index is 11.3. The van der Waals surface area contributed by atoms with Gasteiger partial charge in [0.05, 0.1) is 0 Å². The zero-order chi connectivity index (χ0) is 13.8. The van der Waals surface area contributed by atoms with Gasteiger partial charge < -0.3 is 22.1 Å². The fourth-order valence-corrected chi connectivity index (χ4v) is 1.38. The summed E-state index contributed by atoms with van der Waals surface area (Å²) in [5, 5.41) is 0. The van der Waals surface area contributed by atoms with E-state index in [1.807, 2.05) is 0 Å². The van der Waals surface area contributed by atoms with Crippen molar-refractivity contribution in [1.82, 2.24) is 9.55 Å². The Morgan fingerprint density at radius 3 is 2.50 bits per heavy atom. The average molecular weight is 328 g/mol. The van der Waals surface area contributed by atoms with Crippen LogP contribution in [-0.2, 0) is 20.8 Å². The summed E-state index contributed by atoms with van der Waals surface area (Å²) in [6.07, 6.45) is 0.552. The number of rotatable bonds is 6. The van der Waals surface area contributed by atoms with E-state index in [2.05, 4.69) is 9.72 Å². The molecule has 1 aromatic rings. The Kier molecular flexibility index (Phi) is 12.1. The predicted octanol–water partition coefficient (Wildman–Crippen LogP) is -6.84. The van der Waals surface area contributed by atoms with Crippen LogP contribution in [0.5, 0.6) is 0 Å². The molecule has 1 heterocycles. The first-order valence-corrected chi connectivity index (χ1v) is 6.60. The zero-order valence-corrected chi connectivity index (χ0v) is 16.4. The quantitative estimate of drug-likeness (QED) is 0.205. The minimum Gasteiger partial charge on any atom is -1.00 e. The molecule has 12 heteroatoms. The molecule has 0 aliphatic rings. The summed E-state index contributed by atoms with van der Waals surface area (Å²) in [6.45, 7) is 0.951. The van der Waals surface area contributed by atoms with Gasteiger partial charge in [-0.1, -0.05) is 0 Å². The van der Waals surface area contributed by atoms with E-state index in [9.17, 15) is 14.2 Å². The van der Waals surface area contributed by atoms with E-state index in [0.717, 1.165) is 4.57 Å². The SMILES string of the molecule is Cc1cn(COCOCP(=O)(O)O)c(=O)[nH]c1=O.[H-].[H-].[Na+].[Na+]. The van der Waals surface area contributed by atoms with Gasteiger partial charge in [-0.25, -0.2) is 4.79 Å². The molecule has 106 valence electrons. The monoisotopic (exact) mass is 328 g/mol. The summed E-state index contributed by atoms with van der Waals surface area (Å²) in [6, 6.07) is 0. The fourth-order valence-electron chi connectivity index (χ4n) is 1.07. The minimum absolute atomic E-state index is 0. The first-order chi connectivity index (χ1) is 8.29. The number of aromatic amines is 1. The van der Waals surface area contributed by atoms with Crippen LogP contribution in [0.1, 0.15) is 8.42 Å². The van der Waals surface area contributed by atoms with Crippen molar-refractivity contribution in [2.45, 2.75) is 13.7 Å². The molecule has 0 aliphatic carbocycles. The summed E-state index contributed by atoms with van der Waals surface area (Å²) < 4.78 is 20.9. The van der Waals surface area contributed by atoms with E-state index in [1.165, 1.54) is 13.1 Å². The third kappa shape index (κ3) is 8.91. The van der Waals surface area contributed by atoms with Crippen molar-refractivity contribution in [2.24, 2.45) is 0 Å². The van der Waals surface area contributed by atoms with Crippen molar-refractivity contribution in [1.29, 1.82) is 0 Å². The molecule has 0 unspecified atom stereocenters. The number of nitrogens with one attached hydrogen (secondary N) is 1. The standard InChI is InChI=1S/C8H13N2O7P.2Na.2H/c1-6-2-10(8(12)9-7(6)11)3-16-4-17-5-18(13,14)15;;;;/h2H,3-5H2,1H3,(H,9,11,12)(H2,13,14,15);;;;/q;2*+1;2*-1. The minimum atomic E-state index is -4.22. The summed E-state index contributed by atoms with van der Waals surface area (Å²) in [5.74, 6) is 0. The van der Waals surface area contributed by atoms with Crippen molar-refractivity contribution in [3.05, 3.63) is 32.6 Å². The summed E-state index contributed by atoms with van der Waals surface area (Å²) >= 11 is 0. The van der Waals surface area contributed by atoms with Crippen molar-refractivity contribution < 1.29 is 85.8 Å². The molecule has 0 radical (unpaired) electrons. The molecule has 9 nitrogen and oxygen atoms in total. The molecular formula is C8H15N2Na2O7P. The van der Waals surface area contributed by atoms with E-state index in [-0.39, 0.29) is 75.5 Å². The zero-order valence-electron chi connectivity index (χ0n) is 13.5. The normalized spacial score (nSPS) is 10.6. The second kappa shape index (κ2) is 10.5. The second-order valence-corrected chi connectivity index (χ2v) is 5.08. The Bertz CT molecular complexity index is 576. The van der Waals surface area contributed by atoms with Gasteiger partial charge in [0.15, 0.2) is 6.35 Å². The molecule has 0 fully saturated rings. The molecule has 1 aromatic heterocycles. The van der Waals surface area contributed by atoms with Crippen LogP contribution in [0.2, 0.25) is 0 Å². The second-order valence-electron chi connectivity index (χ2n) is 3.49. The Morgan fingerprint density at radius 1 is 1.35 bits per heavy atom. The van der Waals surface area contributed by atoms with Gasteiger partial charge in [0.2, 0.25) is 0 Å². The van der Waals surface area contributed by atoms with Gasteiger partial charge in [-0.2, -0.15) is 0 Å². The predicted molar refractivity (Wildman–Crippen MR) is 62.2 cm³/mol. The van der Waals surface area contributed by atoms with Gasteiger partial charge in [-0.05, 0) is 6.92 Å². The van der Waals surface area contributed by atoms with E-state index >= 15 is 0 Å². The van der Waals surface area contributed by atoms with E-state index < -0.39 is 25.2 Å². The smallest absolute Gasteiger partial charge is 1.00 e. The van der Waals surface area contributed by atoms with Crippen LogP contribution in [0.15, 0.2) is 15.8 Å². The number of aromatic nitrogens is 2. The number of hydrogen-bond donors (Lipinski definition) is 3. The van der Waals surface area contributed by atoms with Crippen LogP contribution in [-0.4, -0.2) is 32.5 Å². The molecule has 0 aromatic carbocycles. The maximum Gasteiger partial charge on any atom is 1.00 e. The third-order valence-corrected chi connectivity index (χ3v) is 2.36. The number of ether oxygens (including phenoxy) is 2. The van der Waals surface area contributed by atoms with Crippen LogP contribution >= 0.6 is 7.60 Å². The average Bonchev–Trinajstić information content (AvgIpc) is 2.23. The first kappa shape index (κ1) is 23.0. The molecule has 0 bridgehead atoms. The van der Waals surface area contributed by atoms with E-state index in [1.54, 1.807) is 0 Å². The summed E-state index contributed by atoms with van der Waals surface area (Å²) in [7, 11) is -4.22. The van der Waals surface area contributed by atoms with Crippen LogP contribution in [0.3, 0.4) is 0 Å².